The zero-order chi connectivity index (χ0) is 22.5. The van der Waals surface area contributed by atoms with Crippen molar-refractivity contribution in [1.29, 1.82) is 0 Å². The van der Waals surface area contributed by atoms with Crippen LogP contribution in [0.1, 0.15) is 60.6 Å². The monoisotopic (exact) mass is 439 g/mol. The maximum Gasteiger partial charge on any atom is 0.339 e. The van der Waals surface area contributed by atoms with Crippen LogP contribution in [-0.2, 0) is 20.7 Å². The number of anilines is 1. The summed E-state index contributed by atoms with van der Waals surface area (Å²) in [5.74, 6) is -0.341. The van der Waals surface area contributed by atoms with E-state index in [4.69, 9.17) is 4.74 Å². The lowest BCUT2D eigenvalue weighted by atomic mass is 9.47. The third-order valence-electron chi connectivity index (χ3n) is 7.79. The predicted octanol–water partition coefficient (Wildman–Crippen LogP) is 2.64. The standard InChI is InChI=1S/C24H29N3O5/c1-2-32-19(28)12-26-23(31)24-8-13-6-14(9-24)20(15(7-13)10-24)27-21-16-4-3-5-18(16)25-11-17(21)22(29)30/h3-4,11,13-15,20H,2,5-10,12H2,1H3,(H,25,27)(H,26,31)(H,29,30). The first kappa shape index (κ1) is 21.0. The van der Waals surface area contributed by atoms with Gasteiger partial charge >= 0.3 is 11.9 Å². The lowest BCUT2D eigenvalue weighted by Crippen LogP contribution is -2.60. The first-order chi connectivity index (χ1) is 15.4. The molecule has 0 aromatic carbocycles. The summed E-state index contributed by atoms with van der Waals surface area (Å²) >= 11 is 0. The molecule has 1 amide bonds. The number of nitrogens with zero attached hydrogens (tertiary/aromatic N) is 1. The zero-order valence-corrected chi connectivity index (χ0v) is 18.2. The Bertz CT molecular complexity index is 988. The number of aromatic carboxylic acids is 1. The van der Waals surface area contributed by atoms with Gasteiger partial charge in [0, 0.05) is 24.2 Å². The lowest BCUT2D eigenvalue weighted by molar-refractivity contribution is -0.151. The minimum absolute atomic E-state index is 0.0395. The second kappa shape index (κ2) is 7.90. The van der Waals surface area contributed by atoms with E-state index in [1.54, 1.807) is 6.92 Å². The van der Waals surface area contributed by atoms with E-state index in [9.17, 15) is 19.5 Å². The zero-order valence-electron chi connectivity index (χ0n) is 18.2. The van der Waals surface area contributed by atoms with Crippen molar-refractivity contribution in [1.82, 2.24) is 10.3 Å². The third kappa shape index (κ3) is 3.45. The van der Waals surface area contributed by atoms with E-state index in [1.165, 1.54) is 6.20 Å². The molecule has 1 aromatic rings. The van der Waals surface area contributed by atoms with Crippen molar-refractivity contribution >= 4 is 29.6 Å². The van der Waals surface area contributed by atoms with Crippen molar-refractivity contribution in [3.63, 3.8) is 0 Å². The van der Waals surface area contributed by atoms with Gasteiger partial charge in [0.2, 0.25) is 5.91 Å². The smallest absolute Gasteiger partial charge is 0.339 e. The average molecular weight is 440 g/mol. The number of hydrogen-bond acceptors (Lipinski definition) is 6. The number of rotatable bonds is 7. The van der Waals surface area contributed by atoms with Gasteiger partial charge in [-0.15, -0.1) is 0 Å². The first-order valence-electron chi connectivity index (χ1n) is 11.5. The molecule has 3 N–H and O–H groups in total. The molecule has 170 valence electrons. The fraction of sp³-hybridized carbons (Fsp3) is 0.583. The molecule has 0 saturated heterocycles. The van der Waals surface area contributed by atoms with Gasteiger partial charge in [-0.25, -0.2) is 4.79 Å². The minimum Gasteiger partial charge on any atom is -0.478 e. The van der Waals surface area contributed by atoms with Gasteiger partial charge < -0.3 is 20.5 Å². The number of ether oxygens (including phenoxy) is 1. The minimum atomic E-state index is -0.985. The molecule has 5 aliphatic carbocycles. The van der Waals surface area contributed by atoms with Crippen LogP contribution in [0.2, 0.25) is 0 Å². The molecule has 2 atom stereocenters. The van der Waals surface area contributed by atoms with Crippen molar-refractivity contribution in [3.8, 4) is 0 Å². The molecule has 8 nitrogen and oxygen atoms in total. The van der Waals surface area contributed by atoms with Crippen LogP contribution in [0.25, 0.3) is 6.08 Å². The second-order valence-electron chi connectivity index (χ2n) is 9.73. The van der Waals surface area contributed by atoms with E-state index in [-0.39, 0.29) is 24.1 Å². The summed E-state index contributed by atoms with van der Waals surface area (Å²) in [5, 5.41) is 16.2. The van der Waals surface area contributed by atoms with Crippen LogP contribution in [0.3, 0.4) is 0 Å². The van der Waals surface area contributed by atoms with Crippen molar-refractivity contribution in [2.45, 2.75) is 51.5 Å². The van der Waals surface area contributed by atoms with Crippen LogP contribution in [0.4, 0.5) is 5.69 Å². The SMILES string of the molecule is CCOC(=O)CNC(=O)C12CC3CC(C1)C(Nc1c(C(=O)O)cnc4c1C=CC4)C(C3)C2. The Morgan fingerprint density at radius 3 is 2.66 bits per heavy atom. The number of fused-ring (bicyclic) bond motifs is 1. The van der Waals surface area contributed by atoms with Crippen LogP contribution in [0, 0.1) is 23.2 Å². The number of nitrogens with one attached hydrogen (secondary N) is 2. The number of amides is 1. The summed E-state index contributed by atoms with van der Waals surface area (Å²) in [6.45, 7) is 1.95. The molecule has 1 heterocycles. The van der Waals surface area contributed by atoms with Crippen LogP contribution in [0.5, 0.6) is 0 Å². The number of carboxylic acid groups (broad SMARTS) is 1. The summed E-state index contributed by atoms with van der Waals surface area (Å²) in [4.78, 5) is 41.1. The van der Waals surface area contributed by atoms with Gasteiger partial charge in [0.15, 0.2) is 0 Å². The predicted molar refractivity (Wildman–Crippen MR) is 117 cm³/mol. The topological polar surface area (TPSA) is 118 Å². The Morgan fingerprint density at radius 2 is 1.97 bits per heavy atom. The quantitative estimate of drug-likeness (QED) is 0.559. The summed E-state index contributed by atoms with van der Waals surface area (Å²) < 4.78 is 4.94. The third-order valence-corrected chi connectivity index (χ3v) is 7.79. The van der Waals surface area contributed by atoms with Crippen LogP contribution < -0.4 is 10.6 Å². The van der Waals surface area contributed by atoms with E-state index in [2.05, 4.69) is 15.6 Å². The Labute approximate surface area is 186 Å². The van der Waals surface area contributed by atoms with Crippen LogP contribution >= 0.6 is 0 Å². The van der Waals surface area contributed by atoms with Crippen molar-refractivity contribution < 1.29 is 24.2 Å². The van der Waals surface area contributed by atoms with Gasteiger partial charge in [-0.3, -0.25) is 14.6 Å². The Kier molecular flexibility index (Phi) is 5.18. The van der Waals surface area contributed by atoms with Gasteiger partial charge in [-0.1, -0.05) is 12.2 Å². The number of esters is 1. The molecule has 0 spiro atoms. The molecule has 4 fully saturated rings. The maximum atomic E-state index is 13.1. The molecule has 32 heavy (non-hydrogen) atoms. The van der Waals surface area contributed by atoms with Crippen molar-refractivity contribution in [2.24, 2.45) is 23.2 Å². The number of allylic oxidation sites excluding steroid dienone is 1. The normalized spacial score (nSPS) is 31.3. The molecule has 5 aliphatic rings. The average Bonchev–Trinajstić information content (AvgIpc) is 3.23. The van der Waals surface area contributed by atoms with E-state index < -0.39 is 17.4 Å². The summed E-state index contributed by atoms with van der Waals surface area (Å²) in [6, 6.07) is 0.135. The molecule has 8 heteroatoms. The fourth-order valence-corrected chi connectivity index (χ4v) is 6.77. The molecule has 4 saturated carbocycles. The van der Waals surface area contributed by atoms with E-state index in [0.29, 0.717) is 36.5 Å². The van der Waals surface area contributed by atoms with E-state index in [0.717, 1.165) is 43.4 Å². The highest BCUT2D eigenvalue weighted by Gasteiger charge is 2.58. The van der Waals surface area contributed by atoms with Crippen LogP contribution in [-0.4, -0.2) is 47.1 Å². The molecule has 4 bridgehead atoms. The summed E-state index contributed by atoms with van der Waals surface area (Å²) in [5.41, 5.74) is 2.20. The Balaban J connectivity index is 1.36. The van der Waals surface area contributed by atoms with E-state index >= 15 is 0 Å². The number of carbonyl (C=O) groups excluding carboxylic acids is 2. The lowest BCUT2D eigenvalue weighted by Gasteiger charge is -2.59. The van der Waals surface area contributed by atoms with Gasteiger partial charge in [-0.2, -0.15) is 0 Å². The molecular formula is C24H29N3O5. The van der Waals surface area contributed by atoms with Gasteiger partial charge in [0.1, 0.15) is 12.1 Å². The molecule has 2 unspecified atom stereocenters. The molecule has 1 aromatic heterocycles. The van der Waals surface area contributed by atoms with E-state index in [1.807, 2.05) is 12.2 Å². The molecule has 0 aliphatic heterocycles. The highest BCUT2D eigenvalue weighted by atomic mass is 16.5. The van der Waals surface area contributed by atoms with Gasteiger partial charge in [0.05, 0.1) is 23.4 Å². The summed E-state index contributed by atoms with van der Waals surface area (Å²) in [7, 11) is 0. The molecule has 0 radical (unpaired) electrons. The van der Waals surface area contributed by atoms with Gasteiger partial charge in [0.25, 0.3) is 0 Å². The highest BCUT2D eigenvalue weighted by molar-refractivity contribution is 5.97. The molecular weight excluding hydrogens is 410 g/mol. The molecule has 6 rings (SSSR count). The first-order valence-corrected chi connectivity index (χ1v) is 11.5. The second-order valence-corrected chi connectivity index (χ2v) is 9.73. The number of pyridine rings is 1. The number of carboxylic acids is 1. The van der Waals surface area contributed by atoms with Crippen molar-refractivity contribution in [3.05, 3.63) is 29.1 Å². The summed E-state index contributed by atoms with van der Waals surface area (Å²) in [6.07, 6.45) is 10.6. The number of hydrogen-bond donors (Lipinski definition) is 3. The van der Waals surface area contributed by atoms with Gasteiger partial charge in [-0.05, 0) is 56.8 Å². The Hall–Kier alpha value is -2.90. The van der Waals surface area contributed by atoms with Crippen molar-refractivity contribution in [2.75, 3.05) is 18.5 Å². The maximum absolute atomic E-state index is 13.1. The fourth-order valence-electron chi connectivity index (χ4n) is 6.77. The highest BCUT2D eigenvalue weighted by Crippen LogP contribution is 2.60. The van der Waals surface area contributed by atoms with Crippen LogP contribution in [0.15, 0.2) is 12.3 Å². The Morgan fingerprint density at radius 1 is 1.22 bits per heavy atom. The largest absolute Gasteiger partial charge is 0.478 e. The number of carbonyl (C=O) groups is 3. The number of aromatic nitrogens is 1.